The highest BCUT2D eigenvalue weighted by molar-refractivity contribution is 7.11. The number of hydrogen-bond acceptors (Lipinski definition) is 4. The third-order valence-corrected chi connectivity index (χ3v) is 4.63. The first-order chi connectivity index (χ1) is 11.8. The highest BCUT2D eigenvalue weighted by Gasteiger charge is 2.11. The van der Waals surface area contributed by atoms with Crippen LogP contribution in [0, 0.1) is 11.3 Å². The van der Waals surface area contributed by atoms with Crippen LogP contribution in [-0.4, -0.2) is 4.98 Å². The lowest BCUT2D eigenvalue weighted by Gasteiger charge is -2.02. The summed E-state index contributed by atoms with van der Waals surface area (Å²) in [6.45, 7) is 0. The molecule has 0 amide bonds. The third kappa shape index (κ3) is 2.62. The second-order valence-electron chi connectivity index (χ2n) is 5.25. The van der Waals surface area contributed by atoms with Crippen LogP contribution in [0.25, 0.3) is 33.9 Å². The summed E-state index contributed by atoms with van der Waals surface area (Å²) < 4.78 is 5.36. The van der Waals surface area contributed by atoms with Crippen LogP contribution in [0.5, 0.6) is 0 Å². The second kappa shape index (κ2) is 6.15. The first-order valence-corrected chi connectivity index (χ1v) is 8.32. The number of fused-ring (bicyclic) bond motifs is 1. The Morgan fingerprint density at radius 3 is 2.79 bits per heavy atom. The van der Waals surface area contributed by atoms with E-state index in [1.807, 2.05) is 47.9 Å². The molecular weight excluding hydrogens is 316 g/mol. The van der Waals surface area contributed by atoms with Gasteiger partial charge in [-0.05, 0) is 34.5 Å². The standard InChI is InChI=1S/C20H12N2OS/c21-12-16(20-22-18(13-24-20)19-9-4-10-23-19)11-15-7-3-6-14-5-1-2-8-17(14)15/h1-11,13H. The Hall–Kier alpha value is -3.16. The SMILES string of the molecule is N#CC(=Cc1cccc2ccccc12)c1nc(-c2ccco2)cs1. The quantitative estimate of drug-likeness (QED) is 0.459. The summed E-state index contributed by atoms with van der Waals surface area (Å²) in [5.74, 6) is 0.708. The molecule has 0 bridgehead atoms. The van der Waals surface area contributed by atoms with E-state index in [-0.39, 0.29) is 0 Å². The average molecular weight is 328 g/mol. The summed E-state index contributed by atoms with van der Waals surface area (Å²) in [6.07, 6.45) is 3.51. The van der Waals surface area contributed by atoms with Gasteiger partial charge in [-0.25, -0.2) is 4.98 Å². The van der Waals surface area contributed by atoms with Crippen molar-refractivity contribution in [3.8, 4) is 17.5 Å². The molecule has 0 radical (unpaired) electrons. The van der Waals surface area contributed by atoms with Gasteiger partial charge in [0.05, 0.1) is 11.8 Å². The number of nitriles is 1. The maximum Gasteiger partial charge on any atom is 0.153 e. The molecule has 114 valence electrons. The highest BCUT2D eigenvalue weighted by Crippen LogP contribution is 2.29. The Balaban J connectivity index is 1.78. The molecular formula is C20H12N2OS. The molecule has 0 saturated carbocycles. The number of thiazole rings is 1. The fourth-order valence-corrected chi connectivity index (χ4v) is 3.38. The fraction of sp³-hybridized carbons (Fsp3) is 0. The van der Waals surface area contributed by atoms with Gasteiger partial charge in [0, 0.05) is 5.38 Å². The molecule has 0 unspecified atom stereocenters. The van der Waals surface area contributed by atoms with Gasteiger partial charge in [0.15, 0.2) is 5.76 Å². The number of rotatable bonds is 3. The van der Waals surface area contributed by atoms with E-state index in [4.69, 9.17) is 4.42 Å². The first-order valence-electron chi connectivity index (χ1n) is 7.44. The number of hydrogen-bond donors (Lipinski definition) is 0. The van der Waals surface area contributed by atoms with Gasteiger partial charge in [-0.3, -0.25) is 0 Å². The molecule has 4 aromatic rings. The van der Waals surface area contributed by atoms with Gasteiger partial charge >= 0.3 is 0 Å². The van der Waals surface area contributed by atoms with Gasteiger partial charge in [0.2, 0.25) is 0 Å². The summed E-state index contributed by atoms with van der Waals surface area (Å²) in [4.78, 5) is 4.53. The molecule has 0 fully saturated rings. The molecule has 0 aliphatic heterocycles. The van der Waals surface area contributed by atoms with E-state index in [0.717, 1.165) is 22.0 Å². The average Bonchev–Trinajstić information content (AvgIpc) is 3.31. The third-order valence-electron chi connectivity index (χ3n) is 3.75. The topological polar surface area (TPSA) is 49.8 Å². The second-order valence-corrected chi connectivity index (χ2v) is 6.11. The van der Waals surface area contributed by atoms with Crippen molar-refractivity contribution in [3.05, 3.63) is 76.8 Å². The van der Waals surface area contributed by atoms with E-state index in [9.17, 15) is 5.26 Å². The fourth-order valence-electron chi connectivity index (χ4n) is 2.61. The normalized spacial score (nSPS) is 11.5. The smallest absolute Gasteiger partial charge is 0.153 e. The van der Waals surface area contributed by atoms with Gasteiger partial charge in [0.25, 0.3) is 0 Å². The van der Waals surface area contributed by atoms with Crippen LogP contribution in [0.3, 0.4) is 0 Å². The summed E-state index contributed by atoms with van der Waals surface area (Å²) in [7, 11) is 0. The van der Waals surface area contributed by atoms with Crippen molar-refractivity contribution in [1.82, 2.24) is 4.98 Å². The van der Waals surface area contributed by atoms with Gasteiger partial charge < -0.3 is 4.42 Å². The maximum absolute atomic E-state index is 9.58. The minimum atomic E-state index is 0.550. The molecule has 0 aliphatic carbocycles. The molecule has 0 atom stereocenters. The molecule has 24 heavy (non-hydrogen) atoms. The van der Waals surface area contributed by atoms with Crippen LogP contribution in [-0.2, 0) is 0 Å². The number of allylic oxidation sites excluding steroid dienone is 1. The van der Waals surface area contributed by atoms with Crippen LogP contribution in [0.4, 0.5) is 0 Å². The molecule has 4 rings (SSSR count). The van der Waals surface area contributed by atoms with Gasteiger partial charge in [0.1, 0.15) is 16.8 Å². The number of benzene rings is 2. The van der Waals surface area contributed by atoms with Crippen molar-refractivity contribution in [3.63, 3.8) is 0 Å². The molecule has 0 N–H and O–H groups in total. The van der Waals surface area contributed by atoms with Crippen LogP contribution >= 0.6 is 11.3 Å². The molecule has 2 heterocycles. The van der Waals surface area contributed by atoms with Crippen molar-refractivity contribution in [2.75, 3.05) is 0 Å². The lowest BCUT2D eigenvalue weighted by atomic mass is 10.0. The minimum Gasteiger partial charge on any atom is -0.463 e. The van der Waals surface area contributed by atoms with E-state index >= 15 is 0 Å². The zero-order valence-corrected chi connectivity index (χ0v) is 13.5. The Morgan fingerprint density at radius 2 is 1.96 bits per heavy atom. The number of furan rings is 1. The van der Waals surface area contributed by atoms with E-state index in [0.29, 0.717) is 16.3 Å². The summed E-state index contributed by atoms with van der Waals surface area (Å²) in [6, 6.07) is 20.2. The largest absolute Gasteiger partial charge is 0.463 e. The molecule has 0 saturated heterocycles. The monoisotopic (exact) mass is 328 g/mol. The molecule has 4 heteroatoms. The highest BCUT2D eigenvalue weighted by atomic mass is 32.1. The van der Waals surface area contributed by atoms with Crippen LogP contribution in [0.15, 0.2) is 70.7 Å². The molecule has 2 aromatic carbocycles. The zero-order chi connectivity index (χ0) is 16.4. The van der Waals surface area contributed by atoms with E-state index in [2.05, 4.69) is 29.3 Å². The zero-order valence-electron chi connectivity index (χ0n) is 12.6. The minimum absolute atomic E-state index is 0.550. The lowest BCUT2D eigenvalue weighted by Crippen LogP contribution is -1.83. The molecule has 0 aliphatic rings. The van der Waals surface area contributed by atoms with Gasteiger partial charge in [-0.2, -0.15) is 5.26 Å². The Morgan fingerprint density at radius 1 is 1.08 bits per heavy atom. The summed E-state index contributed by atoms with van der Waals surface area (Å²) >= 11 is 1.44. The molecule has 0 spiro atoms. The van der Waals surface area contributed by atoms with E-state index in [1.165, 1.54) is 11.3 Å². The summed E-state index contributed by atoms with van der Waals surface area (Å²) in [5.41, 5.74) is 2.31. The van der Waals surface area contributed by atoms with Crippen molar-refractivity contribution in [1.29, 1.82) is 5.26 Å². The van der Waals surface area contributed by atoms with Gasteiger partial charge in [-0.15, -0.1) is 11.3 Å². The molecule has 2 aromatic heterocycles. The Labute approximate surface area is 143 Å². The van der Waals surface area contributed by atoms with Crippen molar-refractivity contribution >= 4 is 33.8 Å². The summed E-state index contributed by atoms with van der Waals surface area (Å²) in [5, 5.41) is 14.4. The van der Waals surface area contributed by atoms with E-state index < -0.39 is 0 Å². The van der Waals surface area contributed by atoms with Gasteiger partial charge in [-0.1, -0.05) is 42.5 Å². The van der Waals surface area contributed by atoms with Crippen molar-refractivity contribution in [2.24, 2.45) is 0 Å². The van der Waals surface area contributed by atoms with Crippen LogP contribution in [0.1, 0.15) is 10.6 Å². The van der Waals surface area contributed by atoms with E-state index in [1.54, 1.807) is 6.26 Å². The molecule has 3 nitrogen and oxygen atoms in total. The van der Waals surface area contributed by atoms with Crippen molar-refractivity contribution < 1.29 is 4.42 Å². The Kier molecular flexibility index (Phi) is 3.70. The predicted octanol–water partition coefficient (Wildman–Crippen LogP) is 5.62. The van der Waals surface area contributed by atoms with Crippen LogP contribution < -0.4 is 0 Å². The Bertz CT molecular complexity index is 1060. The lowest BCUT2D eigenvalue weighted by molar-refractivity contribution is 0.580. The number of aromatic nitrogens is 1. The van der Waals surface area contributed by atoms with Crippen molar-refractivity contribution in [2.45, 2.75) is 0 Å². The number of nitrogens with zero attached hydrogens (tertiary/aromatic N) is 2. The maximum atomic E-state index is 9.58. The van der Waals surface area contributed by atoms with Crippen LogP contribution in [0.2, 0.25) is 0 Å². The predicted molar refractivity (Wildman–Crippen MR) is 97.2 cm³/mol. The first kappa shape index (κ1) is 14.4.